The number of methoxy groups -OCH3 is 1. The summed E-state index contributed by atoms with van der Waals surface area (Å²) in [5.74, 6) is 0. The van der Waals surface area contributed by atoms with E-state index >= 15 is 0 Å². The molecule has 5 heteroatoms. The summed E-state index contributed by atoms with van der Waals surface area (Å²) in [6.07, 6.45) is -2.56. The van der Waals surface area contributed by atoms with E-state index in [1.807, 2.05) is 0 Å². The number of halogens is 3. The van der Waals surface area contributed by atoms with Crippen LogP contribution in [0.5, 0.6) is 0 Å². The minimum atomic E-state index is -4.30. The Kier molecular flexibility index (Phi) is 3.64. The molecule has 1 heterocycles. The number of rotatable bonds is 3. The van der Waals surface area contributed by atoms with Gasteiger partial charge >= 0.3 is 6.18 Å². The number of hydrogen-bond acceptors (Lipinski definition) is 2. The molecule has 1 aliphatic rings. The van der Waals surface area contributed by atoms with Crippen LogP contribution in [-0.4, -0.2) is 20.3 Å². The van der Waals surface area contributed by atoms with Gasteiger partial charge in [0.05, 0.1) is 17.7 Å². The van der Waals surface area contributed by atoms with E-state index in [1.54, 1.807) is 13.2 Å². The first-order valence-corrected chi connectivity index (χ1v) is 5.90. The molecule has 1 aromatic carbocycles. The van der Waals surface area contributed by atoms with Gasteiger partial charge < -0.3 is 10.1 Å². The smallest absolute Gasteiger partial charge is 0.382 e. The van der Waals surface area contributed by atoms with E-state index < -0.39 is 17.3 Å². The van der Waals surface area contributed by atoms with Gasteiger partial charge in [-0.05, 0) is 37.1 Å². The zero-order valence-electron chi connectivity index (χ0n) is 10.2. The first-order valence-electron chi connectivity index (χ1n) is 5.90. The maximum absolute atomic E-state index is 12.7. The number of nitrogens with one attached hydrogen (secondary N) is 1. The molecule has 0 radical (unpaired) electrons. The van der Waals surface area contributed by atoms with Crippen LogP contribution in [0.3, 0.4) is 0 Å². The highest BCUT2D eigenvalue weighted by Gasteiger charge is 2.37. The van der Waals surface area contributed by atoms with Gasteiger partial charge in [0.15, 0.2) is 0 Å². The van der Waals surface area contributed by atoms with Crippen LogP contribution in [0.15, 0.2) is 24.3 Å². The summed E-state index contributed by atoms with van der Waals surface area (Å²) in [4.78, 5) is 0. The second-order valence-corrected chi connectivity index (χ2v) is 4.62. The molecule has 0 amide bonds. The fraction of sp³-hybridized carbons (Fsp3) is 0.538. The molecular formula is C13H16F3NO. The van der Waals surface area contributed by atoms with Crippen molar-refractivity contribution in [3.8, 4) is 0 Å². The lowest BCUT2D eigenvalue weighted by Gasteiger charge is -2.30. The summed E-state index contributed by atoms with van der Waals surface area (Å²) in [6.45, 7) is 1.19. The second kappa shape index (κ2) is 4.90. The Labute approximate surface area is 104 Å². The minimum Gasteiger partial charge on any atom is -0.382 e. The molecule has 0 aliphatic carbocycles. The Morgan fingerprint density at radius 1 is 1.39 bits per heavy atom. The summed E-state index contributed by atoms with van der Waals surface area (Å²) in [7, 11) is 1.56. The first-order chi connectivity index (χ1) is 8.48. The van der Waals surface area contributed by atoms with E-state index in [-0.39, 0.29) is 0 Å². The monoisotopic (exact) mass is 259 g/mol. The SMILES string of the molecule is COCC1(c2cccc(C(F)(F)F)c2)CCCN1. The van der Waals surface area contributed by atoms with Gasteiger partial charge in [0, 0.05) is 7.11 Å². The minimum absolute atomic E-state index is 0.383. The molecule has 2 nitrogen and oxygen atoms in total. The second-order valence-electron chi connectivity index (χ2n) is 4.62. The molecular weight excluding hydrogens is 243 g/mol. The highest BCUT2D eigenvalue weighted by Crippen LogP contribution is 2.35. The molecule has 1 aromatic rings. The van der Waals surface area contributed by atoms with Crippen molar-refractivity contribution in [2.24, 2.45) is 0 Å². The Morgan fingerprint density at radius 3 is 2.72 bits per heavy atom. The van der Waals surface area contributed by atoms with E-state index in [2.05, 4.69) is 5.32 Å². The van der Waals surface area contributed by atoms with Gasteiger partial charge in [-0.3, -0.25) is 0 Å². The standard InChI is InChI=1S/C13H16F3NO/c1-18-9-12(6-3-7-17-12)10-4-2-5-11(8-10)13(14,15)16/h2,4-5,8,17H,3,6-7,9H2,1H3. The van der Waals surface area contributed by atoms with Gasteiger partial charge in [0.2, 0.25) is 0 Å². The normalized spacial score (nSPS) is 24.4. The third-order valence-corrected chi connectivity index (χ3v) is 3.38. The van der Waals surface area contributed by atoms with Gasteiger partial charge in [-0.15, -0.1) is 0 Å². The molecule has 1 atom stereocenters. The van der Waals surface area contributed by atoms with E-state index in [0.717, 1.165) is 25.5 Å². The zero-order chi connectivity index (χ0) is 13.2. The average Bonchev–Trinajstić information content (AvgIpc) is 2.79. The molecule has 18 heavy (non-hydrogen) atoms. The summed E-state index contributed by atoms with van der Waals surface area (Å²) >= 11 is 0. The van der Waals surface area contributed by atoms with Crippen molar-refractivity contribution in [3.05, 3.63) is 35.4 Å². The van der Waals surface area contributed by atoms with Crippen LogP contribution >= 0.6 is 0 Å². The number of alkyl halides is 3. The van der Waals surface area contributed by atoms with Crippen molar-refractivity contribution in [2.75, 3.05) is 20.3 Å². The molecule has 1 fully saturated rings. The van der Waals surface area contributed by atoms with E-state index in [9.17, 15) is 13.2 Å². The van der Waals surface area contributed by atoms with E-state index in [4.69, 9.17) is 4.74 Å². The highest BCUT2D eigenvalue weighted by atomic mass is 19.4. The molecule has 1 N–H and O–H groups in total. The van der Waals surface area contributed by atoms with Crippen LogP contribution in [0, 0.1) is 0 Å². The predicted molar refractivity (Wildman–Crippen MR) is 62.2 cm³/mol. The van der Waals surface area contributed by atoms with E-state index in [1.165, 1.54) is 12.1 Å². The van der Waals surface area contributed by atoms with Crippen LogP contribution < -0.4 is 5.32 Å². The topological polar surface area (TPSA) is 21.3 Å². The molecule has 1 unspecified atom stereocenters. The lowest BCUT2D eigenvalue weighted by molar-refractivity contribution is -0.137. The third-order valence-electron chi connectivity index (χ3n) is 3.38. The van der Waals surface area contributed by atoms with Gasteiger partial charge in [0.1, 0.15) is 0 Å². The number of ether oxygens (including phenoxy) is 1. The average molecular weight is 259 g/mol. The van der Waals surface area contributed by atoms with Crippen LogP contribution in [0.1, 0.15) is 24.0 Å². The molecule has 100 valence electrons. The summed E-state index contributed by atoms with van der Waals surface area (Å²) < 4.78 is 43.3. The molecule has 0 aromatic heterocycles. The summed E-state index contributed by atoms with van der Waals surface area (Å²) in [6, 6.07) is 5.50. The first kappa shape index (κ1) is 13.4. The quantitative estimate of drug-likeness (QED) is 0.901. The van der Waals surface area contributed by atoms with Crippen molar-refractivity contribution >= 4 is 0 Å². The Hall–Kier alpha value is -1.07. The lowest BCUT2D eigenvalue weighted by atomic mass is 9.88. The largest absolute Gasteiger partial charge is 0.416 e. The number of benzene rings is 1. The highest BCUT2D eigenvalue weighted by molar-refractivity contribution is 5.32. The van der Waals surface area contributed by atoms with Crippen LogP contribution in [0.2, 0.25) is 0 Å². The van der Waals surface area contributed by atoms with Gasteiger partial charge in [-0.1, -0.05) is 12.1 Å². The number of hydrogen-bond donors (Lipinski definition) is 1. The fourth-order valence-electron chi connectivity index (χ4n) is 2.50. The maximum atomic E-state index is 12.7. The van der Waals surface area contributed by atoms with Crippen molar-refractivity contribution in [1.29, 1.82) is 0 Å². The van der Waals surface area contributed by atoms with Crippen LogP contribution in [0.25, 0.3) is 0 Å². The fourth-order valence-corrected chi connectivity index (χ4v) is 2.50. The predicted octanol–water partition coefficient (Wildman–Crippen LogP) is 2.93. The van der Waals surface area contributed by atoms with Crippen LogP contribution in [-0.2, 0) is 16.5 Å². The van der Waals surface area contributed by atoms with Crippen molar-refractivity contribution in [1.82, 2.24) is 5.32 Å². The molecule has 0 bridgehead atoms. The lowest BCUT2D eigenvalue weighted by Crippen LogP contribution is -2.41. The van der Waals surface area contributed by atoms with Gasteiger partial charge in [0.25, 0.3) is 0 Å². The maximum Gasteiger partial charge on any atom is 0.416 e. The van der Waals surface area contributed by atoms with E-state index in [0.29, 0.717) is 12.2 Å². The molecule has 0 spiro atoms. The summed E-state index contributed by atoms with van der Waals surface area (Å²) in [5.41, 5.74) is -0.434. The van der Waals surface area contributed by atoms with Gasteiger partial charge in [-0.25, -0.2) is 0 Å². The molecule has 1 saturated heterocycles. The Balaban J connectivity index is 2.37. The van der Waals surface area contributed by atoms with Crippen molar-refractivity contribution in [2.45, 2.75) is 24.6 Å². The Bertz CT molecular complexity index is 411. The summed E-state index contributed by atoms with van der Waals surface area (Å²) in [5, 5.41) is 3.27. The zero-order valence-corrected chi connectivity index (χ0v) is 10.2. The molecule has 0 saturated carbocycles. The molecule has 2 rings (SSSR count). The third kappa shape index (κ3) is 2.52. The van der Waals surface area contributed by atoms with Gasteiger partial charge in [-0.2, -0.15) is 13.2 Å². The Morgan fingerprint density at radius 2 is 2.17 bits per heavy atom. The van der Waals surface area contributed by atoms with Crippen molar-refractivity contribution in [3.63, 3.8) is 0 Å². The molecule has 1 aliphatic heterocycles. The van der Waals surface area contributed by atoms with Crippen LogP contribution in [0.4, 0.5) is 13.2 Å². The van der Waals surface area contributed by atoms with Crippen molar-refractivity contribution < 1.29 is 17.9 Å².